The predicted octanol–water partition coefficient (Wildman–Crippen LogP) is 5.62. The van der Waals surface area contributed by atoms with E-state index in [9.17, 15) is 0 Å². The smallest absolute Gasteiger partial charge is 0.133 e. The average molecular weight is 407 g/mol. The van der Waals surface area contributed by atoms with E-state index in [0.717, 1.165) is 31.4 Å². The third-order valence-electron chi connectivity index (χ3n) is 3.25. The molecule has 3 aromatic carbocycles. The van der Waals surface area contributed by atoms with Gasteiger partial charge >= 0.3 is 0 Å². The van der Waals surface area contributed by atoms with Crippen molar-refractivity contribution in [3.05, 3.63) is 69.1 Å². The highest BCUT2D eigenvalue weighted by molar-refractivity contribution is 9.10. The van der Waals surface area contributed by atoms with E-state index in [1.165, 1.54) is 5.39 Å². The van der Waals surface area contributed by atoms with Crippen LogP contribution >= 0.6 is 31.9 Å². The second kappa shape index (κ2) is 6.18. The van der Waals surface area contributed by atoms with E-state index < -0.39 is 0 Å². The molecule has 0 amide bonds. The standard InChI is InChI=1S/C17H13Br2NO/c18-14-4-1-12-8-16(6-3-11(12)7-14)21-17-9-15(19)5-2-13(17)10-20/h1-9H,10,20H2. The van der Waals surface area contributed by atoms with Crippen molar-refractivity contribution < 1.29 is 4.74 Å². The first-order valence-corrected chi connectivity index (χ1v) is 8.10. The normalized spacial score (nSPS) is 10.8. The fourth-order valence-electron chi connectivity index (χ4n) is 2.18. The number of rotatable bonds is 3. The molecular weight excluding hydrogens is 394 g/mol. The third-order valence-corrected chi connectivity index (χ3v) is 4.24. The van der Waals surface area contributed by atoms with Crippen LogP contribution in [0.4, 0.5) is 0 Å². The number of hydrogen-bond donors (Lipinski definition) is 1. The van der Waals surface area contributed by atoms with E-state index in [2.05, 4.69) is 50.1 Å². The minimum Gasteiger partial charge on any atom is -0.457 e. The average Bonchev–Trinajstić information content (AvgIpc) is 2.48. The van der Waals surface area contributed by atoms with Crippen LogP contribution in [-0.2, 0) is 6.54 Å². The molecule has 106 valence electrons. The molecule has 0 bridgehead atoms. The maximum atomic E-state index is 6.00. The highest BCUT2D eigenvalue weighted by Gasteiger charge is 2.06. The summed E-state index contributed by atoms with van der Waals surface area (Å²) in [5.41, 5.74) is 6.74. The van der Waals surface area contributed by atoms with Crippen LogP contribution in [-0.4, -0.2) is 0 Å². The first kappa shape index (κ1) is 14.6. The Bertz CT molecular complexity index is 802. The van der Waals surface area contributed by atoms with Gasteiger partial charge in [0.05, 0.1) is 0 Å². The van der Waals surface area contributed by atoms with E-state index in [0.29, 0.717) is 6.54 Å². The Morgan fingerprint density at radius 3 is 2.29 bits per heavy atom. The van der Waals surface area contributed by atoms with Crippen LogP contribution < -0.4 is 10.5 Å². The van der Waals surface area contributed by atoms with E-state index in [-0.39, 0.29) is 0 Å². The maximum Gasteiger partial charge on any atom is 0.133 e. The van der Waals surface area contributed by atoms with E-state index in [1.807, 2.05) is 36.4 Å². The topological polar surface area (TPSA) is 35.2 Å². The molecule has 21 heavy (non-hydrogen) atoms. The van der Waals surface area contributed by atoms with Crippen molar-refractivity contribution >= 4 is 42.6 Å². The van der Waals surface area contributed by atoms with Crippen LogP contribution in [0.1, 0.15) is 5.56 Å². The van der Waals surface area contributed by atoms with E-state index in [1.54, 1.807) is 0 Å². The number of halogens is 2. The van der Waals surface area contributed by atoms with Crippen molar-refractivity contribution in [1.82, 2.24) is 0 Å². The van der Waals surface area contributed by atoms with Crippen LogP contribution in [0.25, 0.3) is 10.8 Å². The van der Waals surface area contributed by atoms with Crippen molar-refractivity contribution in [3.8, 4) is 11.5 Å². The maximum absolute atomic E-state index is 6.00. The fraction of sp³-hybridized carbons (Fsp3) is 0.0588. The molecular formula is C17H13Br2NO. The summed E-state index contributed by atoms with van der Waals surface area (Å²) < 4.78 is 8.04. The Morgan fingerprint density at radius 1 is 0.810 bits per heavy atom. The molecule has 0 saturated heterocycles. The van der Waals surface area contributed by atoms with Crippen molar-refractivity contribution in [2.24, 2.45) is 5.73 Å². The minimum absolute atomic E-state index is 0.448. The molecule has 0 saturated carbocycles. The molecule has 0 fully saturated rings. The molecule has 2 N–H and O–H groups in total. The van der Waals surface area contributed by atoms with Crippen molar-refractivity contribution in [2.45, 2.75) is 6.54 Å². The van der Waals surface area contributed by atoms with Gasteiger partial charge in [0.15, 0.2) is 0 Å². The molecule has 0 radical (unpaired) electrons. The predicted molar refractivity (Wildman–Crippen MR) is 93.8 cm³/mol. The monoisotopic (exact) mass is 405 g/mol. The molecule has 3 rings (SSSR count). The number of ether oxygens (including phenoxy) is 1. The summed E-state index contributed by atoms with van der Waals surface area (Å²) in [7, 11) is 0. The molecule has 4 heteroatoms. The number of hydrogen-bond acceptors (Lipinski definition) is 2. The van der Waals surface area contributed by atoms with Crippen LogP contribution in [0.5, 0.6) is 11.5 Å². The van der Waals surface area contributed by atoms with E-state index in [4.69, 9.17) is 10.5 Å². The van der Waals surface area contributed by atoms with Gasteiger partial charge in [-0.05, 0) is 47.2 Å². The quantitative estimate of drug-likeness (QED) is 0.612. The van der Waals surface area contributed by atoms with Crippen molar-refractivity contribution in [1.29, 1.82) is 0 Å². The number of fused-ring (bicyclic) bond motifs is 1. The molecule has 0 aliphatic rings. The largest absolute Gasteiger partial charge is 0.457 e. The zero-order chi connectivity index (χ0) is 14.8. The molecule has 0 unspecified atom stereocenters. The molecule has 0 spiro atoms. The first-order valence-electron chi connectivity index (χ1n) is 6.51. The molecule has 0 atom stereocenters. The molecule has 0 aromatic heterocycles. The SMILES string of the molecule is NCc1ccc(Br)cc1Oc1ccc2cc(Br)ccc2c1. The second-order valence-corrected chi connectivity index (χ2v) is 6.54. The molecule has 0 aliphatic heterocycles. The third kappa shape index (κ3) is 3.28. The minimum atomic E-state index is 0.448. The van der Waals surface area contributed by atoms with E-state index >= 15 is 0 Å². The number of benzene rings is 3. The van der Waals surface area contributed by atoms with Crippen LogP contribution in [0.3, 0.4) is 0 Å². The zero-order valence-corrected chi connectivity index (χ0v) is 14.3. The highest BCUT2D eigenvalue weighted by Crippen LogP contribution is 2.31. The molecule has 0 heterocycles. The summed E-state index contributed by atoms with van der Waals surface area (Å²) in [4.78, 5) is 0. The van der Waals surface area contributed by atoms with Gasteiger partial charge in [0.1, 0.15) is 11.5 Å². The van der Waals surface area contributed by atoms with Gasteiger partial charge in [0.2, 0.25) is 0 Å². The lowest BCUT2D eigenvalue weighted by atomic mass is 10.1. The Morgan fingerprint density at radius 2 is 1.48 bits per heavy atom. The summed E-state index contributed by atoms with van der Waals surface area (Å²) in [6.07, 6.45) is 0. The lowest BCUT2D eigenvalue weighted by Crippen LogP contribution is -1.99. The van der Waals surface area contributed by atoms with Gasteiger partial charge in [0, 0.05) is 21.1 Å². The molecule has 0 aliphatic carbocycles. The lowest BCUT2D eigenvalue weighted by molar-refractivity contribution is 0.477. The fourth-order valence-corrected chi connectivity index (χ4v) is 2.90. The van der Waals surface area contributed by atoms with Gasteiger partial charge in [-0.15, -0.1) is 0 Å². The Hall–Kier alpha value is -1.36. The number of nitrogens with two attached hydrogens (primary N) is 1. The molecule has 2 nitrogen and oxygen atoms in total. The van der Waals surface area contributed by atoms with Gasteiger partial charge in [-0.1, -0.05) is 50.1 Å². The summed E-state index contributed by atoms with van der Waals surface area (Å²) >= 11 is 6.94. The summed E-state index contributed by atoms with van der Waals surface area (Å²) in [6.45, 7) is 0.448. The zero-order valence-electron chi connectivity index (χ0n) is 11.1. The summed E-state index contributed by atoms with van der Waals surface area (Å²) in [6, 6.07) is 18.1. The second-order valence-electron chi connectivity index (χ2n) is 4.71. The van der Waals surface area contributed by atoms with Gasteiger partial charge < -0.3 is 10.5 Å². The first-order chi connectivity index (χ1) is 10.2. The van der Waals surface area contributed by atoms with Gasteiger partial charge in [-0.2, -0.15) is 0 Å². The Balaban J connectivity index is 1.98. The lowest BCUT2D eigenvalue weighted by Gasteiger charge is -2.11. The summed E-state index contributed by atoms with van der Waals surface area (Å²) in [5, 5.41) is 2.31. The summed E-state index contributed by atoms with van der Waals surface area (Å²) in [5.74, 6) is 1.58. The van der Waals surface area contributed by atoms with Crippen molar-refractivity contribution in [2.75, 3.05) is 0 Å². The van der Waals surface area contributed by atoms with Crippen LogP contribution in [0.15, 0.2) is 63.5 Å². The van der Waals surface area contributed by atoms with Crippen LogP contribution in [0, 0.1) is 0 Å². The molecule has 3 aromatic rings. The Labute approximate surface area is 140 Å². The van der Waals surface area contributed by atoms with Crippen molar-refractivity contribution in [3.63, 3.8) is 0 Å². The van der Waals surface area contributed by atoms with Crippen LogP contribution in [0.2, 0.25) is 0 Å². The van der Waals surface area contributed by atoms with Gasteiger partial charge in [-0.25, -0.2) is 0 Å². The Kier molecular flexibility index (Phi) is 4.29. The van der Waals surface area contributed by atoms with Gasteiger partial charge in [-0.3, -0.25) is 0 Å². The van der Waals surface area contributed by atoms with Gasteiger partial charge in [0.25, 0.3) is 0 Å². The highest BCUT2D eigenvalue weighted by atomic mass is 79.9.